The van der Waals surface area contributed by atoms with Gasteiger partial charge in [-0.05, 0) is 17.4 Å². The van der Waals surface area contributed by atoms with Gasteiger partial charge in [0.15, 0.2) is 7.05 Å². The molecule has 1 aromatic carbocycles. The zero-order valence-corrected chi connectivity index (χ0v) is 18.5. The topological polar surface area (TPSA) is 186 Å². The van der Waals surface area contributed by atoms with Gasteiger partial charge in [0.05, 0.1) is 36.5 Å². The molecule has 0 radical (unpaired) electrons. The molecule has 3 aromatic heterocycles. The van der Waals surface area contributed by atoms with Gasteiger partial charge in [0.1, 0.15) is 38.7 Å². The van der Waals surface area contributed by atoms with E-state index in [1.165, 1.54) is 25.9 Å². The lowest BCUT2D eigenvalue weighted by Crippen LogP contribution is -2.34. The molecule has 4 aromatic rings. The molecule has 0 bridgehead atoms. The SMILES string of the molecule is COc1ccc(NC(=O)c2sc3nc(N)c(C#N)c(-c4c(=O)o[nH][n+]4C)c3c2N)c(OC)c1. The summed E-state index contributed by atoms with van der Waals surface area (Å²) in [6.07, 6.45) is 0. The number of carbonyl (C=O) groups excluding carboxylic acids is 1. The quantitative estimate of drug-likeness (QED) is 0.314. The molecule has 0 aliphatic carbocycles. The van der Waals surface area contributed by atoms with Gasteiger partial charge in [0.25, 0.3) is 5.91 Å². The van der Waals surface area contributed by atoms with Gasteiger partial charge in [-0.2, -0.15) is 5.26 Å². The number of amides is 1. The number of nitriles is 1. The zero-order chi connectivity index (χ0) is 23.9. The fraction of sp³-hybridized carbons (Fsp3) is 0.150. The highest BCUT2D eigenvalue weighted by Crippen LogP contribution is 2.41. The Kier molecular flexibility index (Phi) is 5.36. The van der Waals surface area contributed by atoms with Crippen LogP contribution < -0.4 is 36.6 Å². The van der Waals surface area contributed by atoms with Crippen LogP contribution in [0.2, 0.25) is 0 Å². The first-order valence-corrected chi connectivity index (χ1v) is 10.1. The smallest absolute Gasteiger partial charge is 0.435 e. The van der Waals surface area contributed by atoms with Crippen LogP contribution in [-0.2, 0) is 7.05 Å². The zero-order valence-electron chi connectivity index (χ0n) is 17.7. The average Bonchev–Trinajstić information content (AvgIpc) is 3.31. The van der Waals surface area contributed by atoms with E-state index < -0.39 is 11.5 Å². The van der Waals surface area contributed by atoms with Crippen molar-refractivity contribution >= 4 is 44.7 Å². The van der Waals surface area contributed by atoms with Crippen molar-refractivity contribution in [1.29, 1.82) is 5.26 Å². The Morgan fingerprint density at radius 2 is 2.09 bits per heavy atom. The van der Waals surface area contributed by atoms with E-state index in [1.807, 2.05) is 6.07 Å². The summed E-state index contributed by atoms with van der Waals surface area (Å²) in [7, 11) is 4.50. The highest BCUT2D eigenvalue weighted by Gasteiger charge is 2.32. The van der Waals surface area contributed by atoms with E-state index in [1.54, 1.807) is 18.2 Å². The number of aromatic amines is 1. The number of nitrogens with one attached hydrogen (secondary N) is 2. The van der Waals surface area contributed by atoms with Crippen LogP contribution >= 0.6 is 11.3 Å². The van der Waals surface area contributed by atoms with E-state index in [4.69, 9.17) is 25.5 Å². The number of nitrogen functional groups attached to an aromatic ring is 2. The largest absolute Gasteiger partial charge is 0.497 e. The number of aromatic nitrogens is 3. The predicted octanol–water partition coefficient (Wildman–Crippen LogP) is 1.37. The summed E-state index contributed by atoms with van der Waals surface area (Å²) >= 11 is 0.974. The Morgan fingerprint density at radius 1 is 1.33 bits per heavy atom. The number of methoxy groups -OCH3 is 2. The number of hydrogen-bond acceptors (Lipinski definition) is 10. The summed E-state index contributed by atoms with van der Waals surface area (Å²) in [5.74, 6) is 0.296. The van der Waals surface area contributed by atoms with Crippen LogP contribution in [0, 0.1) is 11.3 Å². The molecule has 33 heavy (non-hydrogen) atoms. The van der Waals surface area contributed by atoms with Crippen molar-refractivity contribution in [2.75, 3.05) is 31.0 Å². The molecule has 168 valence electrons. The van der Waals surface area contributed by atoms with Crippen LogP contribution in [0.25, 0.3) is 21.5 Å². The van der Waals surface area contributed by atoms with Gasteiger partial charge in [0.2, 0.25) is 0 Å². The van der Waals surface area contributed by atoms with Gasteiger partial charge < -0.3 is 26.3 Å². The molecule has 0 fully saturated rings. The van der Waals surface area contributed by atoms with Crippen LogP contribution in [-0.4, -0.2) is 30.4 Å². The number of benzene rings is 1. The van der Waals surface area contributed by atoms with Crippen LogP contribution in [0.3, 0.4) is 0 Å². The van der Waals surface area contributed by atoms with Crippen molar-refractivity contribution in [2.24, 2.45) is 7.05 Å². The fourth-order valence-corrected chi connectivity index (χ4v) is 4.39. The highest BCUT2D eigenvalue weighted by molar-refractivity contribution is 7.21. The standard InChI is InChI=1S/C20H17N7O5S/c1-27-15(20(29)32-26-27)12-9(7-21)17(23)25-19-13(12)14(22)16(33-19)18(28)24-10-5-4-8(30-2)6-11(10)31-3/h4-6H,1-3H3,(H5-,22,23,24,25,26,28,29)/p+1. The molecule has 0 atom stereocenters. The molecular weight excluding hydrogens is 450 g/mol. The van der Waals surface area contributed by atoms with E-state index in [2.05, 4.69) is 15.6 Å². The summed E-state index contributed by atoms with van der Waals surface area (Å²) in [6, 6.07) is 6.86. The molecular formula is C20H18N7O5S+. The maximum atomic E-state index is 13.1. The minimum absolute atomic E-state index is 0.0129. The van der Waals surface area contributed by atoms with E-state index in [9.17, 15) is 14.9 Å². The maximum Gasteiger partial charge on any atom is 0.435 e. The third kappa shape index (κ3) is 3.48. The van der Waals surface area contributed by atoms with Crippen LogP contribution in [0.15, 0.2) is 27.5 Å². The number of ether oxygens (including phenoxy) is 2. The molecule has 6 N–H and O–H groups in total. The molecule has 4 rings (SSSR count). The normalized spacial score (nSPS) is 10.7. The van der Waals surface area contributed by atoms with Gasteiger partial charge in [0, 0.05) is 6.07 Å². The minimum Gasteiger partial charge on any atom is -0.497 e. The summed E-state index contributed by atoms with van der Waals surface area (Å²) in [5, 5.41) is 15.1. The lowest BCUT2D eigenvalue weighted by Gasteiger charge is -2.11. The number of rotatable bonds is 5. The Morgan fingerprint density at radius 3 is 2.70 bits per heavy atom. The van der Waals surface area contributed by atoms with Crippen molar-refractivity contribution in [2.45, 2.75) is 0 Å². The third-order valence-corrected chi connectivity index (χ3v) is 6.02. The highest BCUT2D eigenvalue weighted by atomic mass is 32.1. The van der Waals surface area contributed by atoms with Crippen molar-refractivity contribution < 1.29 is 23.5 Å². The molecule has 12 nitrogen and oxygen atoms in total. The average molecular weight is 468 g/mol. The molecule has 0 unspecified atom stereocenters. The predicted molar refractivity (Wildman–Crippen MR) is 120 cm³/mol. The first-order chi connectivity index (χ1) is 15.8. The number of nitrogens with zero attached hydrogens (tertiary/aromatic N) is 3. The number of thiophene rings is 1. The first-order valence-electron chi connectivity index (χ1n) is 9.33. The van der Waals surface area contributed by atoms with Crippen LogP contribution in [0.5, 0.6) is 11.5 Å². The van der Waals surface area contributed by atoms with Gasteiger partial charge in [-0.15, -0.1) is 11.3 Å². The van der Waals surface area contributed by atoms with E-state index in [-0.39, 0.29) is 43.4 Å². The second kappa shape index (κ2) is 8.17. The van der Waals surface area contributed by atoms with E-state index >= 15 is 0 Å². The number of aryl methyl sites for hydroxylation is 1. The summed E-state index contributed by atoms with van der Waals surface area (Å²) in [6.45, 7) is 0. The van der Waals surface area contributed by atoms with Crippen molar-refractivity contribution in [3.63, 3.8) is 0 Å². The van der Waals surface area contributed by atoms with Crippen molar-refractivity contribution in [3.8, 4) is 28.8 Å². The monoisotopic (exact) mass is 468 g/mol. The minimum atomic E-state index is -0.736. The Hall–Kier alpha value is -4.57. The number of anilines is 3. The first kappa shape index (κ1) is 21.7. The van der Waals surface area contributed by atoms with E-state index in [0.717, 1.165) is 11.3 Å². The fourth-order valence-electron chi connectivity index (χ4n) is 3.38. The Bertz CT molecular complexity index is 1510. The number of H-pyrrole nitrogens is 1. The molecule has 1 amide bonds. The summed E-state index contributed by atoms with van der Waals surface area (Å²) in [4.78, 5) is 30.1. The maximum absolute atomic E-state index is 13.1. The second-order valence-corrected chi connectivity index (χ2v) is 7.79. The number of nitrogens with two attached hydrogens (primary N) is 2. The summed E-state index contributed by atoms with van der Waals surface area (Å²) < 4.78 is 16.6. The van der Waals surface area contributed by atoms with E-state index in [0.29, 0.717) is 17.2 Å². The van der Waals surface area contributed by atoms with Gasteiger partial charge in [-0.1, -0.05) is 4.68 Å². The number of hydrogen-bond donors (Lipinski definition) is 4. The van der Waals surface area contributed by atoms with Crippen molar-refractivity contribution in [3.05, 3.63) is 39.1 Å². The second-order valence-electron chi connectivity index (χ2n) is 6.79. The Balaban J connectivity index is 1.89. The third-order valence-electron chi connectivity index (χ3n) is 4.92. The Labute approximate surface area is 189 Å². The lowest BCUT2D eigenvalue weighted by molar-refractivity contribution is -0.730. The van der Waals surface area contributed by atoms with Gasteiger partial charge in [-0.3, -0.25) is 9.32 Å². The molecule has 0 spiro atoms. The molecule has 0 aliphatic heterocycles. The molecule has 13 heteroatoms. The van der Waals surface area contributed by atoms with Crippen molar-refractivity contribution in [1.82, 2.24) is 10.3 Å². The number of carbonyl (C=O) groups is 1. The number of fused-ring (bicyclic) bond motifs is 1. The van der Waals surface area contributed by atoms with Gasteiger partial charge >= 0.3 is 11.3 Å². The lowest BCUT2D eigenvalue weighted by atomic mass is 10.0. The number of pyridine rings is 1. The van der Waals surface area contributed by atoms with Crippen LogP contribution in [0.4, 0.5) is 17.2 Å². The summed E-state index contributed by atoms with van der Waals surface area (Å²) in [5.41, 5.74) is 12.1. The molecule has 0 saturated heterocycles. The molecule has 0 saturated carbocycles. The van der Waals surface area contributed by atoms with Gasteiger partial charge in [-0.25, -0.2) is 9.78 Å². The molecule has 3 heterocycles. The van der Waals surface area contributed by atoms with Crippen LogP contribution in [0.1, 0.15) is 15.2 Å². The molecule has 0 aliphatic rings.